The van der Waals surface area contributed by atoms with Gasteiger partial charge in [0.25, 0.3) is 0 Å². The van der Waals surface area contributed by atoms with E-state index in [9.17, 15) is 0 Å². The molecule has 4 heteroatoms. The molecule has 15 heavy (non-hydrogen) atoms. The van der Waals surface area contributed by atoms with Crippen molar-refractivity contribution in [3.63, 3.8) is 0 Å². The second-order valence-corrected chi connectivity index (χ2v) is 4.84. The first-order valence-electron chi connectivity index (χ1n) is 5.92. The third-order valence-corrected chi connectivity index (χ3v) is 3.09. The highest BCUT2D eigenvalue weighted by Gasteiger charge is 2.22. The van der Waals surface area contributed by atoms with Crippen molar-refractivity contribution in [2.24, 2.45) is 0 Å². The van der Waals surface area contributed by atoms with Crippen molar-refractivity contribution in [3.8, 4) is 0 Å². The number of thiocarbonyl (C=S) groups is 1. The Morgan fingerprint density at radius 1 is 1.53 bits per heavy atom. The standard InChI is InChI=1S/C11H23N3S/c1-4-14-7-5-6-10(14)8-12-11(15)13-9(2)3/h9-10H,4-8H2,1-3H3,(H2,12,13,15)/t10-/m1/s1. The SMILES string of the molecule is CCN1CCC[C@@H]1CNC(=S)NC(C)C. The van der Waals surface area contributed by atoms with E-state index in [1.54, 1.807) is 0 Å². The zero-order chi connectivity index (χ0) is 11.3. The van der Waals surface area contributed by atoms with Crippen molar-refractivity contribution in [2.75, 3.05) is 19.6 Å². The highest BCUT2D eigenvalue weighted by Crippen LogP contribution is 2.15. The number of likely N-dealkylation sites (N-methyl/N-ethyl adjacent to an activating group) is 1. The molecule has 1 fully saturated rings. The van der Waals surface area contributed by atoms with E-state index in [4.69, 9.17) is 12.2 Å². The molecule has 2 N–H and O–H groups in total. The average molecular weight is 229 g/mol. The third kappa shape index (κ3) is 4.34. The van der Waals surface area contributed by atoms with Gasteiger partial charge in [0.15, 0.2) is 5.11 Å². The first kappa shape index (κ1) is 12.7. The molecule has 1 heterocycles. The Kier molecular flexibility index (Phi) is 5.32. The van der Waals surface area contributed by atoms with Gasteiger partial charge >= 0.3 is 0 Å². The normalized spacial score (nSPS) is 22.0. The van der Waals surface area contributed by atoms with Gasteiger partial charge in [-0.3, -0.25) is 4.90 Å². The van der Waals surface area contributed by atoms with E-state index in [2.05, 4.69) is 36.3 Å². The van der Waals surface area contributed by atoms with Crippen molar-refractivity contribution in [2.45, 2.75) is 45.7 Å². The summed E-state index contributed by atoms with van der Waals surface area (Å²) in [5, 5.41) is 7.29. The minimum atomic E-state index is 0.413. The Bertz CT molecular complexity index is 206. The molecule has 1 aliphatic rings. The predicted octanol–water partition coefficient (Wildman–Crippen LogP) is 1.34. The second kappa shape index (κ2) is 6.28. The Labute approximate surface area is 98.6 Å². The average Bonchev–Trinajstić information content (AvgIpc) is 2.60. The van der Waals surface area contributed by atoms with Crippen LogP contribution in [-0.2, 0) is 0 Å². The molecule has 88 valence electrons. The lowest BCUT2D eigenvalue weighted by Gasteiger charge is -2.24. The van der Waals surface area contributed by atoms with Crippen molar-refractivity contribution in [3.05, 3.63) is 0 Å². The van der Waals surface area contributed by atoms with E-state index in [0.29, 0.717) is 12.1 Å². The second-order valence-electron chi connectivity index (χ2n) is 4.43. The maximum Gasteiger partial charge on any atom is 0.166 e. The number of nitrogens with zero attached hydrogens (tertiary/aromatic N) is 1. The Hall–Kier alpha value is -0.350. The molecular formula is C11H23N3S. The highest BCUT2D eigenvalue weighted by atomic mass is 32.1. The van der Waals surface area contributed by atoms with Gasteiger partial charge in [-0.2, -0.15) is 0 Å². The van der Waals surface area contributed by atoms with Crippen LogP contribution in [0.15, 0.2) is 0 Å². The molecule has 1 rings (SSSR count). The number of rotatable bonds is 4. The summed E-state index contributed by atoms with van der Waals surface area (Å²) in [6, 6.07) is 1.08. The van der Waals surface area contributed by atoms with Crippen LogP contribution >= 0.6 is 12.2 Å². The zero-order valence-corrected chi connectivity index (χ0v) is 10.9. The number of hydrogen-bond donors (Lipinski definition) is 2. The van der Waals surface area contributed by atoms with Crippen LogP contribution in [0.3, 0.4) is 0 Å². The lowest BCUT2D eigenvalue weighted by Crippen LogP contribution is -2.45. The molecule has 0 bridgehead atoms. The van der Waals surface area contributed by atoms with Crippen molar-refractivity contribution < 1.29 is 0 Å². The van der Waals surface area contributed by atoms with Gasteiger partial charge in [-0.15, -0.1) is 0 Å². The fraction of sp³-hybridized carbons (Fsp3) is 0.909. The van der Waals surface area contributed by atoms with Crippen molar-refractivity contribution in [1.82, 2.24) is 15.5 Å². The van der Waals surface area contributed by atoms with Gasteiger partial charge in [-0.25, -0.2) is 0 Å². The largest absolute Gasteiger partial charge is 0.361 e. The van der Waals surface area contributed by atoms with E-state index >= 15 is 0 Å². The van der Waals surface area contributed by atoms with Gasteiger partial charge in [0.1, 0.15) is 0 Å². The smallest absolute Gasteiger partial charge is 0.166 e. The van der Waals surface area contributed by atoms with Crippen LogP contribution in [0.25, 0.3) is 0 Å². The summed E-state index contributed by atoms with van der Waals surface area (Å²) in [5.41, 5.74) is 0. The van der Waals surface area contributed by atoms with E-state index < -0.39 is 0 Å². The summed E-state index contributed by atoms with van der Waals surface area (Å²) in [4.78, 5) is 2.52. The Balaban J connectivity index is 2.21. The summed E-state index contributed by atoms with van der Waals surface area (Å²) < 4.78 is 0. The molecule has 0 spiro atoms. The quantitative estimate of drug-likeness (QED) is 0.712. The van der Waals surface area contributed by atoms with E-state index in [-0.39, 0.29) is 0 Å². The fourth-order valence-corrected chi connectivity index (χ4v) is 2.39. The summed E-state index contributed by atoms with van der Waals surface area (Å²) in [7, 11) is 0. The van der Waals surface area contributed by atoms with E-state index in [1.807, 2.05) is 0 Å². The zero-order valence-electron chi connectivity index (χ0n) is 10.0. The van der Waals surface area contributed by atoms with Crippen LogP contribution in [0.1, 0.15) is 33.6 Å². The predicted molar refractivity (Wildman–Crippen MR) is 69.1 cm³/mol. The molecule has 3 nitrogen and oxygen atoms in total. The Morgan fingerprint density at radius 3 is 2.87 bits per heavy atom. The molecule has 0 radical (unpaired) electrons. The van der Waals surface area contributed by atoms with Crippen LogP contribution in [-0.4, -0.2) is 41.7 Å². The molecule has 0 aromatic carbocycles. The maximum atomic E-state index is 5.20. The van der Waals surface area contributed by atoms with Crippen LogP contribution < -0.4 is 10.6 Å². The summed E-state index contributed by atoms with van der Waals surface area (Å²) in [5.74, 6) is 0. The van der Waals surface area contributed by atoms with Gasteiger partial charge in [-0.1, -0.05) is 6.92 Å². The molecule has 0 saturated carbocycles. The molecule has 1 aliphatic heterocycles. The van der Waals surface area contributed by atoms with Gasteiger partial charge in [0.2, 0.25) is 0 Å². The van der Waals surface area contributed by atoms with Crippen LogP contribution in [0.2, 0.25) is 0 Å². The third-order valence-electron chi connectivity index (χ3n) is 2.82. The molecule has 0 aromatic heterocycles. The van der Waals surface area contributed by atoms with E-state index in [0.717, 1.165) is 18.2 Å². The molecule has 0 unspecified atom stereocenters. The topological polar surface area (TPSA) is 27.3 Å². The molecular weight excluding hydrogens is 206 g/mol. The number of hydrogen-bond acceptors (Lipinski definition) is 2. The van der Waals surface area contributed by atoms with Gasteiger partial charge < -0.3 is 10.6 Å². The maximum absolute atomic E-state index is 5.20. The summed E-state index contributed by atoms with van der Waals surface area (Å²) in [6.07, 6.45) is 2.62. The van der Waals surface area contributed by atoms with Gasteiger partial charge in [-0.05, 0) is 52.0 Å². The highest BCUT2D eigenvalue weighted by molar-refractivity contribution is 7.80. The first-order valence-corrected chi connectivity index (χ1v) is 6.32. The van der Waals surface area contributed by atoms with Crippen LogP contribution in [0.4, 0.5) is 0 Å². The van der Waals surface area contributed by atoms with Crippen LogP contribution in [0.5, 0.6) is 0 Å². The van der Waals surface area contributed by atoms with Gasteiger partial charge in [0.05, 0.1) is 0 Å². The molecule has 0 aromatic rings. The lowest BCUT2D eigenvalue weighted by molar-refractivity contribution is 0.267. The monoisotopic (exact) mass is 229 g/mol. The summed E-state index contributed by atoms with van der Waals surface area (Å²) >= 11 is 5.20. The molecule has 1 atom stereocenters. The molecule has 0 aliphatic carbocycles. The fourth-order valence-electron chi connectivity index (χ4n) is 2.07. The van der Waals surface area contributed by atoms with Crippen molar-refractivity contribution in [1.29, 1.82) is 0 Å². The Morgan fingerprint density at radius 2 is 2.27 bits per heavy atom. The number of nitrogens with one attached hydrogen (secondary N) is 2. The van der Waals surface area contributed by atoms with Gasteiger partial charge in [0, 0.05) is 18.6 Å². The minimum Gasteiger partial charge on any atom is -0.361 e. The number of likely N-dealkylation sites (tertiary alicyclic amines) is 1. The first-order chi connectivity index (χ1) is 7.13. The minimum absolute atomic E-state index is 0.413. The van der Waals surface area contributed by atoms with E-state index in [1.165, 1.54) is 19.4 Å². The molecule has 1 saturated heterocycles. The van der Waals surface area contributed by atoms with Crippen molar-refractivity contribution >= 4 is 17.3 Å². The summed E-state index contributed by atoms with van der Waals surface area (Å²) in [6.45, 7) is 9.79. The van der Waals surface area contributed by atoms with Crippen LogP contribution in [0, 0.1) is 0 Å². The lowest BCUT2D eigenvalue weighted by atomic mass is 10.2. The molecule has 0 amide bonds.